The third-order valence-electron chi connectivity index (χ3n) is 6.20. The van der Waals surface area contributed by atoms with Gasteiger partial charge in [0, 0.05) is 6.54 Å². The van der Waals surface area contributed by atoms with Crippen LogP contribution in [0.3, 0.4) is 0 Å². The Balaban J connectivity index is 2.44. The van der Waals surface area contributed by atoms with Crippen molar-refractivity contribution in [3.05, 3.63) is 63.7 Å². The third-order valence-corrected chi connectivity index (χ3v) is 6.51. The van der Waals surface area contributed by atoms with Gasteiger partial charge in [-0.15, -0.1) is 0 Å². The van der Waals surface area contributed by atoms with Crippen LogP contribution < -0.4 is 10.6 Å². The molecular weight excluding hydrogens is 514 g/mol. The number of rotatable bonds is 12. The number of carbonyl (C=O) groups is 3. The number of hydrogen-bond donors (Lipinski definition) is 2. The fourth-order valence-corrected chi connectivity index (χ4v) is 4.74. The van der Waals surface area contributed by atoms with Gasteiger partial charge in [-0.3, -0.25) is 9.59 Å². The van der Waals surface area contributed by atoms with Crippen molar-refractivity contribution in [3.8, 4) is 0 Å². The van der Waals surface area contributed by atoms with Crippen molar-refractivity contribution in [3.63, 3.8) is 0 Å². The molecule has 0 aliphatic carbocycles. The number of amides is 3. The SMILES string of the molecule is CCCCCCCN(C(=O)CNC(=O)OC(C)(C)C)C(C(=O)Nc1c(C)cccc1Cl)c1cc(C)cc(C)c1. The minimum absolute atomic E-state index is 0.288. The van der Waals surface area contributed by atoms with E-state index < -0.39 is 17.7 Å². The van der Waals surface area contributed by atoms with Crippen molar-refractivity contribution < 1.29 is 19.1 Å². The molecule has 8 heteroatoms. The Morgan fingerprint density at radius 1 is 0.974 bits per heavy atom. The molecule has 0 fully saturated rings. The minimum atomic E-state index is -0.918. The van der Waals surface area contributed by atoms with E-state index in [9.17, 15) is 14.4 Å². The summed E-state index contributed by atoms with van der Waals surface area (Å²) in [5.74, 6) is -0.734. The zero-order valence-corrected chi connectivity index (χ0v) is 25.2. The lowest BCUT2D eigenvalue weighted by Gasteiger charge is -2.32. The molecule has 0 saturated heterocycles. The molecule has 0 heterocycles. The molecule has 2 aromatic rings. The molecule has 0 bridgehead atoms. The molecule has 2 aromatic carbocycles. The molecule has 39 heavy (non-hydrogen) atoms. The van der Waals surface area contributed by atoms with Crippen LogP contribution in [0, 0.1) is 20.8 Å². The minimum Gasteiger partial charge on any atom is -0.444 e. The fraction of sp³-hybridized carbons (Fsp3) is 0.516. The number of aryl methyl sites for hydroxylation is 3. The van der Waals surface area contributed by atoms with Crippen LogP contribution in [0.1, 0.15) is 88.1 Å². The van der Waals surface area contributed by atoms with E-state index in [2.05, 4.69) is 17.6 Å². The van der Waals surface area contributed by atoms with Crippen molar-refractivity contribution in [2.24, 2.45) is 0 Å². The van der Waals surface area contributed by atoms with Crippen LogP contribution in [0.25, 0.3) is 0 Å². The predicted octanol–water partition coefficient (Wildman–Crippen LogP) is 7.27. The fourth-order valence-electron chi connectivity index (χ4n) is 4.47. The normalized spacial score (nSPS) is 12.0. The maximum absolute atomic E-state index is 14.0. The molecule has 0 spiro atoms. The standard InChI is InChI=1S/C31H44ClN3O4/c1-8-9-10-11-12-16-35(26(36)20-33-30(38)39-31(5,6)7)28(24-18-21(2)17-22(3)19-24)29(37)34-27-23(4)14-13-15-25(27)32/h13-15,17-19,28H,8-12,16,20H2,1-7H3,(H,33,38)(H,34,37). The molecular formula is C31H44ClN3O4. The zero-order chi connectivity index (χ0) is 29.2. The van der Waals surface area contributed by atoms with Crippen LogP contribution >= 0.6 is 11.6 Å². The smallest absolute Gasteiger partial charge is 0.408 e. The van der Waals surface area contributed by atoms with Gasteiger partial charge in [-0.1, -0.05) is 85.7 Å². The van der Waals surface area contributed by atoms with Crippen molar-refractivity contribution in [2.75, 3.05) is 18.4 Å². The molecule has 1 atom stereocenters. The number of nitrogens with zero attached hydrogens (tertiary/aromatic N) is 1. The lowest BCUT2D eigenvalue weighted by Crippen LogP contribution is -2.47. The number of hydrogen-bond acceptors (Lipinski definition) is 4. The molecule has 7 nitrogen and oxygen atoms in total. The Bertz CT molecular complexity index is 1100. The maximum atomic E-state index is 14.0. The first kappa shape index (κ1) is 32.2. The van der Waals surface area contributed by atoms with Gasteiger partial charge in [-0.25, -0.2) is 4.79 Å². The zero-order valence-electron chi connectivity index (χ0n) is 24.4. The first-order valence-electron chi connectivity index (χ1n) is 13.7. The summed E-state index contributed by atoms with van der Waals surface area (Å²) in [5.41, 5.74) is 3.31. The lowest BCUT2D eigenvalue weighted by atomic mass is 9.98. The average molecular weight is 558 g/mol. The highest BCUT2D eigenvalue weighted by Crippen LogP contribution is 2.30. The largest absolute Gasteiger partial charge is 0.444 e. The van der Waals surface area contributed by atoms with Gasteiger partial charge in [-0.2, -0.15) is 0 Å². The van der Waals surface area contributed by atoms with E-state index in [1.807, 2.05) is 51.1 Å². The van der Waals surface area contributed by atoms with E-state index in [1.165, 1.54) is 0 Å². The lowest BCUT2D eigenvalue weighted by molar-refractivity contribution is -0.138. The molecule has 2 N–H and O–H groups in total. The first-order valence-corrected chi connectivity index (χ1v) is 14.1. The molecule has 2 rings (SSSR count). The molecule has 214 valence electrons. The van der Waals surface area contributed by atoms with Gasteiger partial charge in [0.15, 0.2) is 0 Å². The molecule has 0 aliphatic heterocycles. The summed E-state index contributed by atoms with van der Waals surface area (Å²) in [5, 5.41) is 5.96. The summed E-state index contributed by atoms with van der Waals surface area (Å²) in [7, 11) is 0. The van der Waals surface area contributed by atoms with Crippen molar-refractivity contribution in [2.45, 2.75) is 92.2 Å². The topological polar surface area (TPSA) is 87.7 Å². The van der Waals surface area contributed by atoms with Crippen LogP contribution in [0.4, 0.5) is 10.5 Å². The highest BCUT2D eigenvalue weighted by Gasteiger charge is 2.32. The number of halogens is 1. The highest BCUT2D eigenvalue weighted by atomic mass is 35.5. The van der Waals surface area contributed by atoms with E-state index in [0.717, 1.165) is 48.8 Å². The van der Waals surface area contributed by atoms with Gasteiger partial charge < -0.3 is 20.3 Å². The summed E-state index contributed by atoms with van der Waals surface area (Å²) in [6.45, 7) is 13.3. The van der Waals surface area contributed by atoms with E-state index >= 15 is 0 Å². The van der Waals surface area contributed by atoms with Gasteiger partial charge in [0.05, 0.1) is 10.7 Å². The summed E-state index contributed by atoms with van der Waals surface area (Å²) >= 11 is 6.43. The van der Waals surface area contributed by atoms with Crippen LogP contribution in [0.5, 0.6) is 0 Å². The second kappa shape index (κ2) is 14.9. The van der Waals surface area contributed by atoms with Gasteiger partial charge in [-0.05, 0) is 65.2 Å². The Hall–Kier alpha value is -3.06. The van der Waals surface area contributed by atoms with Crippen LogP contribution in [-0.4, -0.2) is 41.5 Å². The molecule has 0 saturated carbocycles. The summed E-state index contributed by atoms with van der Waals surface area (Å²) < 4.78 is 5.31. The number of benzene rings is 2. The van der Waals surface area contributed by atoms with Crippen molar-refractivity contribution in [1.82, 2.24) is 10.2 Å². The number of carbonyl (C=O) groups excluding carboxylic acids is 3. The van der Waals surface area contributed by atoms with E-state index in [0.29, 0.717) is 22.8 Å². The Labute approximate surface area is 238 Å². The van der Waals surface area contributed by atoms with Crippen LogP contribution in [0.15, 0.2) is 36.4 Å². The van der Waals surface area contributed by atoms with E-state index in [1.54, 1.807) is 31.7 Å². The molecule has 0 aromatic heterocycles. The number of unbranched alkanes of at least 4 members (excludes halogenated alkanes) is 4. The number of ether oxygens (including phenoxy) is 1. The van der Waals surface area contributed by atoms with Gasteiger partial charge in [0.2, 0.25) is 5.91 Å². The molecule has 0 radical (unpaired) electrons. The van der Waals surface area contributed by atoms with Gasteiger partial charge in [0.1, 0.15) is 18.2 Å². The van der Waals surface area contributed by atoms with Crippen LogP contribution in [0.2, 0.25) is 5.02 Å². The van der Waals surface area contributed by atoms with E-state index in [4.69, 9.17) is 16.3 Å². The summed E-state index contributed by atoms with van der Waals surface area (Å²) in [4.78, 5) is 41.5. The second-order valence-corrected chi connectivity index (χ2v) is 11.5. The number of alkyl carbamates (subject to hydrolysis) is 1. The van der Waals surface area contributed by atoms with E-state index in [-0.39, 0.29) is 18.4 Å². The van der Waals surface area contributed by atoms with Gasteiger partial charge >= 0.3 is 6.09 Å². The van der Waals surface area contributed by atoms with Crippen molar-refractivity contribution in [1.29, 1.82) is 0 Å². The predicted molar refractivity (Wildman–Crippen MR) is 158 cm³/mol. The van der Waals surface area contributed by atoms with Crippen molar-refractivity contribution >= 4 is 35.2 Å². The number of nitrogens with one attached hydrogen (secondary N) is 2. The molecule has 0 aliphatic rings. The second-order valence-electron chi connectivity index (χ2n) is 11.1. The quantitative estimate of drug-likeness (QED) is 0.269. The monoisotopic (exact) mass is 557 g/mol. The maximum Gasteiger partial charge on any atom is 0.408 e. The average Bonchev–Trinajstić information content (AvgIpc) is 2.82. The van der Waals surface area contributed by atoms with Gasteiger partial charge in [0.25, 0.3) is 5.91 Å². The number of anilines is 1. The highest BCUT2D eigenvalue weighted by molar-refractivity contribution is 6.34. The summed E-state index contributed by atoms with van der Waals surface area (Å²) in [6, 6.07) is 10.4. The Kier molecular flexibility index (Phi) is 12.3. The molecule has 3 amide bonds. The third kappa shape index (κ3) is 10.6. The number of para-hydroxylation sites is 1. The van der Waals surface area contributed by atoms with Crippen LogP contribution in [-0.2, 0) is 14.3 Å². The Morgan fingerprint density at radius 2 is 1.62 bits per heavy atom. The Morgan fingerprint density at radius 3 is 2.21 bits per heavy atom. The summed E-state index contributed by atoms with van der Waals surface area (Å²) in [6.07, 6.45) is 4.25. The first-order chi connectivity index (χ1) is 18.3. The molecule has 1 unspecified atom stereocenters.